The summed E-state index contributed by atoms with van der Waals surface area (Å²) >= 11 is 12.1. The van der Waals surface area contributed by atoms with Crippen molar-refractivity contribution in [1.82, 2.24) is 0 Å². The normalized spacial score (nSPS) is 10.2. The van der Waals surface area contributed by atoms with Crippen LogP contribution in [0.3, 0.4) is 0 Å². The van der Waals surface area contributed by atoms with Crippen molar-refractivity contribution >= 4 is 46.5 Å². The molecule has 0 spiro atoms. The van der Waals surface area contributed by atoms with E-state index in [9.17, 15) is 9.59 Å². The number of halogens is 2. The molecule has 0 unspecified atom stereocenters. The summed E-state index contributed by atoms with van der Waals surface area (Å²) in [5.41, 5.74) is 1.50. The van der Waals surface area contributed by atoms with Gasteiger partial charge in [-0.1, -0.05) is 23.2 Å². The van der Waals surface area contributed by atoms with Gasteiger partial charge in [0, 0.05) is 18.7 Å². The first-order valence-corrected chi connectivity index (χ1v) is 8.45. The molecule has 0 fully saturated rings. The lowest BCUT2D eigenvalue weighted by molar-refractivity contribution is -0.115. The third-order valence-electron chi connectivity index (χ3n) is 3.49. The summed E-state index contributed by atoms with van der Waals surface area (Å²) in [6.45, 7) is 0.333. The molecule has 0 aromatic heterocycles. The van der Waals surface area contributed by atoms with Crippen LogP contribution >= 0.6 is 23.2 Å². The standard InChI is InChI=1S/C18H18Cl2N2O4/c1-25-16-6-4-12(10-14(16)20)22-17(23)7-8-21-15-9-11(18(24)26-2)3-5-13(15)19/h3-6,9-10,21H,7-8H2,1-2H3,(H,22,23). The van der Waals surface area contributed by atoms with Gasteiger partial charge in [-0.25, -0.2) is 4.79 Å². The molecule has 0 atom stereocenters. The highest BCUT2D eigenvalue weighted by molar-refractivity contribution is 6.33. The SMILES string of the molecule is COC(=O)c1ccc(Cl)c(NCCC(=O)Nc2ccc(OC)c(Cl)c2)c1. The number of carbonyl (C=O) groups excluding carboxylic acids is 2. The number of anilines is 2. The van der Waals surface area contributed by atoms with Crippen molar-refractivity contribution in [3.8, 4) is 5.75 Å². The van der Waals surface area contributed by atoms with Crippen molar-refractivity contribution in [1.29, 1.82) is 0 Å². The number of hydrogen-bond acceptors (Lipinski definition) is 5. The monoisotopic (exact) mass is 396 g/mol. The Bertz CT molecular complexity index is 812. The van der Waals surface area contributed by atoms with Gasteiger partial charge in [0.05, 0.1) is 35.5 Å². The van der Waals surface area contributed by atoms with Crippen LogP contribution in [0.15, 0.2) is 36.4 Å². The fourth-order valence-electron chi connectivity index (χ4n) is 2.18. The minimum atomic E-state index is -0.459. The number of carbonyl (C=O) groups is 2. The molecule has 0 radical (unpaired) electrons. The molecule has 0 saturated carbocycles. The van der Waals surface area contributed by atoms with Crippen LogP contribution in [-0.2, 0) is 9.53 Å². The summed E-state index contributed by atoms with van der Waals surface area (Å²) in [6.07, 6.45) is 0.197. The van der Waals surface area contributed by atoms with Crippen molar-refractivity contribution in [2.24, 2.45) is 0 Å². The van der Waals surface area contributed by atoms with E-state index >= 15 is 0 Å². The predicted molar refractivity (Wildman–Crippen MR) is 103 cm³/mol. The van der Waals surface area contributed by atoms with Crippen molar-refractivity contribution in [3.63, 3.8) is 0 Å². The van der Waals surface area contributed by atoms with E-state index in [0.717, 1.165) is 0 Å². The average Bonchev–Trinajstić information content (AvgIpc) is 2.62. The number of nitrogens with one attached hydrogen (secondary N) is 2. The fourth-order valence-corrected chi connectivity index (χ4v) is 2.63. The molecule has 0 saturated heterocycles. The first-order valence-electron chi connectivity index (χ1n) is 7.69. The molecule has 8 heteroatoms. The van der Waals surface area contributed by atoms with Gasteiger partial charge in [-0.2, -0.15) is 0 Å². The number of rotatable bonds is 7. The highest BCUT2D eigenvalue weighted by atomic mass is 35.5. The molecule has 138 valence electrons. The average molecular weight is 397 g/mol. The van der Waals surface area contributed by atoms with Crippen molar-refractivity contribution in [2.45, 2.75) is 6.42 Å². The minimum Gasteiger partial charge on any atom is -0.495 e. The number of methoxy groups -OCH3 is 2. The smallest absolute Gasteiger partial charge is 0.337 e. The lowest BCUT2D eigenvalue weighted by atomic mass is 10.2. The van der Waals surface area contributed by atoms with Gasteiger partial charge < -0.3 is 20.1 Å². The molecule has 0 aliphatic rings. The van der Waals surface area contributed by atoms with E-state index in [1.807, 2.05) is 0 Å². The maximum absolute atomic E-state index is 12.0. The maximum atomic E-state index is 12.0. The van der Waals surface area contributed by atoms with Gasteiger partial charge in [-0.3, -0.25) is 4.79 Å². The molecular weight excluding hydrogens is 379 g/mol. The second kappa shape index (κ2) is 9.31. The van der Waals surface area contributed by atoms with Gasteiger partial charge in [-0.05, 0) is 36.4 Å². The van der Waals surface area contributed by atoms with Gasteiger partial charge in [0.2, 0.25) is 5.91 Å². The summed E-state index contributed by atoms with van der Waals surface area (Å²) in [7, 11) is 2.82. The van der Waals surface area contributed by atoms with E-state index in [1.54, 1.807) is 36.4 Å². The number of ether oxygens (including phenoxy) is 2. The lowest BCUT2D eigenvalue weighted by Crippen LogP contribution is -2.16. The van der Waals surface area contributed by atoms with Crippen molar-refractivity contribution < 1.29 is 19.1 Å². The third-order valence-corrected chi connectivity index (χ3v) is 4.12. The highest BCUT2D eigenvalue weighted by Gasteiger charge is 2.10. The first-order chi connectivity index (χ1) is 12.4. The molecule has 0 bridgehead atoms. The summed E-state index contributed by atoms with van der Waals surface area (Å²) in [6, 6.07) is 9.73. The highest BCUT2D eigenvalue weighted by Crippen LogP contribution is 2.27. The number of hydrogen-bond donors (Lipinski definition) is 2. The molecule has 0 heterocycles. The molecule has 0 aliphatic heterocycles. The number of amides is 1. The molecular formula is C18H18Cl2N2O4. The first kappa shape index (κ1) is 19.9. The van der Waals surface area contributed by atoms with E-state index in [4.69, 9.17) is 27.9 Å². The topological polar surface area (TPSA) is 76.7 Å². The Labute approximate surface area is 161 Å². The summed E-state index contributed by atoms with van der Waals surface area (Å²) in [4.78, 5) is 23.6. The van der Waals surface area contributed by atoms with Crippen molar-refractivity contribution in [3.05, 3.63) is 52.0 Å². The molecule has 2 N–H and O–H groups in total. The van der Waals surface area contributed by atoms with Gasteiger partial charge in [0.15, 0.2) is 0 Å². The molecule has 2 aromatic rings. The summed E-state index contributed by atoms with van der Waals surface area (Å²) < 4.78 is 9.74. The van der Waals surface area contributed by atoms with Gasteiger partial charge in [-0.15, -0.1) is 0 Å². The second-order valence-electron chi connectivity index (χ2n) is 5.26. The summed E-state index contributed by atoms with van der Waals surface area (Å²) in [5, 5.41) is 6.64. The Morgan fingerprint density at radius 2 is 1.81 bits per heavy atom. The fraction of sp³-hybridized carbons (Fsp3) is 0.222. The van der Waals surface area contributed by atoms with Gasteiger partial charge in [0.1, 0.15) is 5.75 Å². The van der Waals surface area contributed by atoms with E-state index in [-0.39, 0.29) is 12.3 Å². The predicted octanol–water partition coefficient (Wildman–Crippen LogP) is 4.23. The van der Waals surface area contributed by atoms with Crippen LogP contribution in [0.1, 0.15) is 16.8 Å². The number of benzene rings is 2. The van der Waals surface area contributed by atoms with E-state index in [0.29, 0.717) is 39.3 Å². The summed E-state index contributed by atoms with van der Waals surface area (Å²) in [5.74, 6) is -0.121. The largest absolute Gasteiger partial charge is 0.495 e. The Kier molecular flexibility index (Phi) is 7.12. The molecule has 1 amide bonds. The zero-order valence-electron chi connectivity index (χ0n) is 14.3. The van der Waals surface area contributed by atoms with Crippen LogP contribution < -0.4 is 15.4 Å². The van der Waals surface area contributed by atoms with Crippen LogP contribution in [0.25, 0.3) is 0 Å². The zero-order valence-corrected chi connectivity index (χ0v) is 15.8. The molecule has 2 rings (SSSR count). The molecule has 0 aliphatic carbocycles. The van der Waals surface area contributed by atoms with Crippen molar-refractivity contribution in [2.75, 3.05) is 31.4 Å². The molecule has 2 aromatic carbocycles. The van der Waals surface area contributed by atoms with Crippen LogP contribution in [0.4, 0.5) is 11.4 Å². The van der Waals surface area contributed by atoms with Crippen LogP contribution in [0.5, 0.6) is 5.75 Å². The Hall–Kier alpha value is -2.44. The van der Waals surface area contributed by atoms with Gasteiger partial charge in [0.25, 0.3) is 0 Å². The minimum absolute atomic E-state index is 0.195. The van der Waals surface area contributed by atoms with E-state index in [1.165, 1.54) is 14.2 Å². The van der Waals surface area contributed by atoms with E-state index < -0.39 is 5.97 Å². The van der Waals surface area contributed by atoms with E-state index in [2.05, 4.69) is 15.4 Å². The Balaban J connectivity index is 1.90. The van der Waals surface area contributed by atoms with Gasteiger partial charge >= 0.3 is 5.97 Å². The zero-order chi connectivity index (χ0) is 19.1. The van der Waals surface area contributed by atoms with Crippen LogP contribution in [-0.4, -0.2) is 32.6 Å². The Morgan fingerprint density at radius 3 is 2.46 bits per heavy atom. The molecule has 6 nitrogen and oxygen atoms in total. The van der Waals surface area contributed by atoms with Crippen LogP contribution in [0, 0.1) is 0 Å². The third kappa shape index (κ3) is 5.28. The van der Waals surface area contributed by atoms with Crippen LogP contribution in [0.2, 0.25) is 10.0 Å². The Morgan fingerprint density at radius 1 is 1.04 bits per heavy atom. The molecule has 26 heavy (non-hydrogen) atoms. The second-order valence-corrected chi connectivity index (χ2v) is 6.07. The quantitative estimate of drug-likeness (QED) is 0.684. The number of esters is 1. The maximum Gasteiger partial charge on any atom is 0.337 e. The lowest BCUT2D eigenvalue weighted by Gasteiger charge is -2.11.